The van der Waals surface area contributed by atoms with Gasteiger partial charge in [-0.1, -0.05) is 22.9 Å². The second-order valence-electron chi connectivity index (χ2n) is 10.5. The number of carboxylic acid groups (broad SMARTS) is 1. The number of rotatable bonds is 19. The fourth-order valence-electron chi connectivity index (χ4n) is 4.13. The molecule has 2 atom stereocenters. The van der Waals surface area contributed by atoms with Gasteiger partial charge in [-0.15, -0.1) is 0 Å². The summed E-state index contributed by atoms with van der Waals surface area (Å²) in [5.41, 5.74) is 1.81. The summed E-state index contributed by atoms with van der Waals surface area (Å²) in [6.07, 6.45) is -4.28. The number of ketones is 1. The van der Waals surface area contributed by atoms with Crippen molar-refractivity contribution in [1.29, 1.82) is 0 Å². The number of esters is 2. The molecular formula is C26H47BrF3NO10Si. The van der Waals surface area contributed by atoms with E-state index in [4.69, 9.17) is 32.7 Å². The van der Waals surface area contributed by atoms with Crippen LogP contribution in [0.1, 0.15) is 74.7 Å². The summed E-state index contributed by atoms with van der Waals surface area (Å²) in [4.78, 5) is 46.9. The lowest BCUT2D eigenvalue weighted by Gasteiger charge is -2.38. The van der Waals surface area contributed by atoms with Crippen molar-refractivity contribution in [3.05, 3.63) is 0 Å². The normalized spacial score (nSPS) is 15.0. The number of Topliss-reactive ketones (excluding diaryl/α,β-unsaturated/α-hetero) is 1. The lowest BCUT2D eigenvalue weighted by atomic mass is 9.68. The summed E-state index contributed by atoms with van der Waals surface area (Å²) in [6, 6.07) is 0.531. The Balaban J connectivity index is 0. The van der Waals surface area contributed by atoms with E-state index in [9.17, 15) is 27.6 Å². The maximum absolute atomic E-state index is 12.9. The van der Waals surface area contributed by atoms with Crippen LogP contribution in [0, 0.1) is 10.8 Å². The van der Waals surface area contributed by atoms with E-state index in [2.05, 4.69) is 21.7 Å². The van der Waals surface area contributed by atoms with Crippen molar-refractivity contribution in [2.24, 2.45) is 10.8 Å². The molecule has 0 aliphatic heterocycles. The van der Waals surface area contributed by atoms with Gasteiger partial charge in [0.2, 0.25) is 0 Å². The van der Waals surface area contributed by atoms with Crippen LogP contribution >= 0.6 is 15.9 Å². The van der Waals surface area contributed by atoms with E-state index >= 15 is 0 Å². The van der Waals surface area contributed by atoms with Crippen LogP contribution in [0.3, 0.4) is 0 Å². The zero-order valence-electron chi connectivity index (χ0n) is 25.9. The molecule has 0 rings (SSSR count). The Morgan fingerprint density at radius 2 is 1.26 bits per heavy atom. The molecule has 0 radical (unpaired) electrons. The average Bonchev–Trinajstić information content (AvgIpc) is 2.84. The molecule has 0 amide bonds. The predicted octanol–water partition coefficient (Wildman–Crippen LogP) is 2.61. The Morgan fingerprint density at radius 3 is 1.62 bits per heavy atom. The van der Waals surface area contributed by atoms with E-state index in [1.165, 1.54) is 6.92 Å². The van der Waals surface area contributed by atoms with Gasteiger partial charge in [0.05, 0.1) is 12.0 Å². The van der Waals surface area contributed by atoms with Crippen molar-refractivity contribution < 1.29 is 65.9 Å². The van der Waals surface area contributed by atoms with Gasteiger partial charge in [-0.3, -0.25) is 14.4 Å². The fraction of sp³-hybridized carbons (Fsp3) is 0.846. The van der Waals surface area contributed by atoms with Gasteiger partial charge in [-0.05, 0) is 67.7 Å². The molecule has 0 aliphatic carbocycles. The molecule has 42 heavy (non-hydrogen) atoms. The van der Waals surface area contributed by atoms with Crippen LogP contribution in [-0.2, 0) is 41.9 Å². The number of quaternary nitrogens is 1. The summed E-state index contributed by atoms with van der Waals surface area (Å²) in [7, 11) is -2.81. The maximum Gasteiger partial charge on any atom is 0.501 e. The number of hydrogen-bond donors (Lipinski definition) is 1. The van der Waals surface area contributed by atoms with Crippen molar-refractivity contribution >= 4 is 48.4 Å². The van der Waals surface area contributed by atoms with Crippen LogP contribution in [0.5, 0.6) is 0 Å². The van der Waals surface area contributed by atoms with Crippen LogP contribution in [0.2, 0.25) is 6.04 Å². The topological polar surface area (TPSA) is 165 Å². The van der Waals surface area contributed by atoms with Crippen molar-refractivity contribution in [2.75, 3.05) is 39.6 Å². The van der Waals surface area contributed by atoms with Gasteiger partial charge in [0.25, 0.3) is 0 Å². The van der Waals surface area contributed by atoms with Gasteiger partial charge < -0.3 is 38.4 Å². The van der Waals surface area contributed by atoms with Gasteiger partial charge >= 0.3 is 26.9 Å². The maximum atomic E-state index is 12.9. The van der Waals surface area contributed by atoms with Crippen molar-refractivity contribution in [2.45, 2.75) is 91.2 Å². The van der Waals surface area contributed by atoms with Crippen LogP contribution in [0.4, 0.5) is 13.2 Å². The van der Waals surface area contributed by atoms with E-state index in [0.717, 1.165) is 0 Å². The van der Waals surface area contributed by atoms with Gasteiger partial charge in [-0.2, -0.15) is 13.2 Å². The van der Waals surface area contributed by atoms with Crippen molar-refractivity contribution in [3.8, 4) is 0 Å². The largest absolute Gasteiger partial charge is 0.542 e. The zero-order chi connectivity index (χ0) is 33.4. The van der Waals surface area contributed by atoms with Crippen molar-refractivity contribution in [1.82, 2.24) is 0 Å². The van der Waals surface area contributed by atoms with E-state index in [1.54, 1.807) is 27.7 Å². The number of aliphatic carboxylic acids is 1. The van der Waals surface area contributed by atoms with Crippen LogP contribution in [0.25, 0.3) is 0 Å². The van der Waals surface area contributed by atoms with Crippen LogP contribution < -0.4 is 10.8 Å². The minimum atomic E-state index is -5.19. The highest BCUT2D eigenvalue weighted by Crippen LogP contribution is 2.44. The summed E-state index contributed by atoms with van der Waals surface area (Å²) in [6.45, 7) is 16.4. The summed E-state index contributed by atoms with van der Waals surface area (Å²) >= 11 is 3.49. The molecule has 16 heteroatoms. The lowest BCUT2D eigenvalue weighted by Crippen LogP contribution is -2.53. The monoisotopic (exact) mass is 697 g/mol. The molecule has 0 saturated carbocycles. The Hall–Kier alpha value is -1.59. The second-order valence-corrected chi connectivity index (χ2v) is 15.0. The number of halogens is 4. The number of alkyl halides is 4. The Labute approximate surface area is 255 Å². The highest BCUT2D eigenvalue weighted by molar-refractivity contribution is 9.10. The molecule has 0 heterocycles. The first kappa shape index (κ1) is 42.5. The summed E-state index contributed by atoms with van der Waals surface area (Å²) < 4.78 is 58.7. The second kappa shape index (κ2) is 18.9. The molecule has 0 fully saturated rings. The van der Waals surface area contributed by atoms with E-state index < -0.39 is 48.0 Å². The summed E-state index contributed by atoms with van der Waals surface area (Å²) in [5, 5.41) is 8.78. The first-order chi connectivity index (χ1) is 19.1. The Kier molecular flexibility index (Phi) is 19.2. The SMILES string of the molecule is CCO[Si](CCCOC(=O)C(C)(Br)CC(C)(CC(C)(C)C(=O)OCC[NH3+])C(C)=O)(OCC)OCC.O=C([O-])C(F)(F)F. The number of ether oxygens (including phenoxy) is 2. The first-order valence-electron chi connectivity index (χ1n) is 13.6. The van der Waals surface area contributed by atoms with Crippen LogP contribution in [-0.4, -0.2) is 82.6 Å². The third-order valence-electron chi connectivity index (χ3n) is 5.94. The predicted molar refractivity (Wildman–Crippen MR) is 150 cm³/mol. The average molecular weight is 699 g/mol. The lowest BCUT2D eigenvalue weighted by molar-refractivity contribution is -0.372. The number of carbonyl (C=O) groups is 4. The summed E-state index contributed by atoms with van der Waals surface area (Å²) in [5.74, 6) is -3.99. The van der Waals surface area contributed by atoms with Gasteiger partial charge in [0.15, 0.2) is 0 Å². The smallest absolute Gasteiger partial charge is 0.501 e. The molecule has 0 aromatic rings. The molecule has 0 saturated heterocycles. The molecule has 248 valence electrons. The third-order valence-corrected chi connectivity index (χ3v) is 9.70. The highest BCUT2D eigenvalue weighted by Gasteiger charge is 2.47. The van der Waals surface area contributed by atoms with E-state index in [0.29, 0.717) is 38.8 Å². The van der Waals surface area contributed by atoms with Crippen molar-refractivity contribution in [3.63, 3.8) is 0 Å². The standard InChI is InChI=1S/C24H46BrNO8Si.C2HF3O2/c1-9-32-35(33-10-2,34-11-3)16-12-14-30-21(29)24(8,25)18-23(7,19(4)27)17-22(5,6)20(28)31-15-13-26;3-2(4,5)1(6)7/h9-18,26H2,1-8H3;(H,6,7). The quantitative estimate of drug-likeness (QED) is 0.0918. The van der Waals surface area contributed by atoms with E-state index in [-0.39, 0.29) is 31.8 Å². The number of carbonyl (C=O) groups excluding carboxylic acids is 4. The molecule has 11 nitrogen and oxygen atoms in total. The molecule has 2 unspecified atom stereocenters. The van der Waals surface area contributed by atoms with Gasteiger partial charge in [0.1, 0.15) is 29.2 Å². The molecule has 0 spiro atoms. The molecule has 0 aliphatic rings. The third kappa shape index (κ3) is 15.8. The highest BCUT2D eigenvalue weighted by atomic mass is 79.9. The van der Waals surface area contributed by atoms with Gasteiger partial charge in [0, 0.05) is 31.3 Å². The van der Waals surface area contributed by atoms with Crippen LogP contribution in [0.15, 0.2) is 0 Å². The minimum absolute atomic E-state index is 0.116. The number of carboxylic acids is 1. The molecular weight excluding hydrogens is 651 g/mol. The Bertz CT molecular complexity index is 857. The molecule has 0 aromatic carbocycles. The van der Waals surface area contributed by atoms with Gasteiger partial charge in [-0.25, -0.2) is 0 Å². The zero-order valence-corrected chi connectivity index (χ0v) is 28.5. The molecule has 0 aromatic heterocycles. The Morgan fingerprint density at radius 1 is 0.833 bits per heavy atom. The molecule has 0 bridgehead atoms. The first-order valence-corrected chi connectivity index (χ1v) is 16.4. The molecule has 3 N–H and O–H groups in total. The minimum Gasteiger partial charge on any atom is -0.542 e. The van der Waals surface area contributed by atoms with E-state index in [1.807, 2.05) is 20.8 Å². The fourth-order valence-corrected chi connectivity index (χ4v) is 7.44. The number of hydrogen-bond acceptors (Lipinski definition) is 10.